The second kappa shape index (κ2) is 14.5. The van der Waals surface area contributed by atoms with Gasteiger partial charge >= 0.3 is 0 Å². The molecule has 12 aromatic rings. The Kier molecular flexibility index (Phi) is 8.39. The molecule has 286 valence electrons. The molecular weight excluding hydrogens is 757 g/mol. The molecule has 0 aliphatic carbocycles. The van der Waals surface area contributed by atoms with Crippen molar-refractivity contribution in [1.82, 2.24) is 4.57 Å². The number of anilines is 3. The summed E-state index contributed by atoms with van der Waals surface area (Å²) in [5.41, 5.74) is 14.0. The van der Waals surface area contributed by atoms with Crippen LogP contribution in [-0.4, -0.2) is 4.57 Å². The van der Waals surface area contributed by atoms with Crippen LogP contribution < -0.4 is 4.90 Å². The quantitative estimate of drug-likeness (QED) is 0.156. The third-order valence-corrected chi connectivity index (χ3v) is 13.3. The standard InChI is InChI=1S/C58H38N2S/c1-2-20-47-40(14-1)15-12-25-48(47)42-17-11-16-41(36-42)39-30-33-44(34-31-39)59(45-18-13-19-46(38-45)60-55-27-8-4-22-50(55)51-23-5-9-28-56(51)60)54-26-7-3-21-49(54)43-32-35-58-53(37-43)52-24-6-10-29-57(52)61-58/h1-38H. The van der Waals surface area contributed by atoms with Gasteiger partial charge in [-0.1, -0.05) is 158 Å². The van der Waals surface area contributed by atoms with Crippen LogP contribution in [0.3, 0.4) is 0 Å². The van der Waals surface area contributed by atoms with Crippen molar-refractivity contribution >= 4 is 81.1 Å². The van der Waals surface area contributed by atoms with E-state index in [9.17, 15) is 0 Å². The minimum atomic E-state index is 1.08. The van der Waals surface area contributed by atoms with Crippen LogP contribution in [0.4, 0.5) is 17.1 Å². The first kappa shape index (κ1) is 35.2. The molecule has 0 aliphatic rings. The highest BCUT2D eigenvalue weighted by Crippen LogP contribution is 2.44. The van der Waals surface area contributed by atoms with Crippen LogP contribution in [0.1, 0.15) is 0 Å². The van der Waals surface area contributed by atoms with Gasteiger partial charge in [0.1, 0.15) is 0 Å². The predicted molar refractivity (Wildman–Crippen MR) is 262 cm³/mol. The number of hydrogen-bond acceptors (Lipinski definition) is 2. The summed E-state index contributed by atoms with van der Waals surface area (Å²) in [7, 11) is 0. The molecule has 3 heteroatoms. The fraction of sp³-hybridized carbons (Fsp3) is 0. The van der Waals surface area contributed by atoms with E-state index in [1.54, 1.807) is 0 Å². The lowest BCUT2D eigenvalue weighted by atomic mass is 9.95. The van der Waals surface area contributed by atoms with Crippen molar-refractivity contribution in [2.45, 2.75) is 0 Å². The maximum Gasteiger partial charge on any atom is 0.0541 e. The zero-order valence-electron chi connectivity index (χ0n) is 33.2. The highest BCUT2D eigenvalue weighted by molar-refractivity contribution is 7.25. The molecule has 12 rings (SSSR count). The van der Waals surface area contributed by atoms with Crippen molar-refractivity contribution in [3.05, 3.63) is 231 Å². The lowest BCUT2D eigenvalue weighted by Gasteiger charge is -2.28. The van der Waals surface area contributed by atoms with Gasteiger partial charge in [0.15, 0.2) is 0 Å². The third-order valence-electron chi connectivity index (χ3n) is 12.2. The van der Waals surface area contributed by atoms with E-state index in [2.05, 4.69) is 240 Å². The number of rotatable bonds is 7. The molecule has 2 aromatic heterocycles. The average molecular weight is 795 g/mol. The van der Waals surface area contributed by atoms with Crippen LogP contribution in [0.25, 0.3) is 91.8 Å². The topological polar surface area (TPSA) is 8.17 Å². The Balaban J connectivity index is 1.02. The van der Waals surface area contributed by atoms with Gasteiger partial charge in [-0.2, -0.15) is 0 Å². The Hall–Kier alpha value is -7.72. The summed E-state index contributed by atoms with van der Waals surface area (Å²) in [4.78, 5) is 2.43. The molecule has 2 heterocycles. The number of para-hydroxylation sites is 3. The van der Waals surface area contributed by atoms with E-state index in [-0.39, 0.29) is 0 Å². The Morgan fingerprint density at radius 1 is 0.328 bits per heavy atom. The molecule has 0 aliphatic heterocycles. The van der Waals surface area contributed by atoms with Crippen LogP contribution in [0.15, 0.2) is 231 Å². The third kappa shape index (κ3) is 6.01. The van der Waals surface area contributed by atoms with Gasteiger partial charge in [0.25, 0.3) is 0 Å². The van der Waals surface area contributed by atoms with Gasteiger partial charge in [-0.3, -0.25) is 0 Å². The van der Waals surface area contributed by atoms with Crippen LogP contribution in [0, 0.1) is 0 Å². The highest BCUT2D eigenvalue weighted by atomic mass is 32.1. The molecule has 0 fully saturated rings. The molecule has 0 spiro atoms. The number of fused-ring (bicyclic) bond motifs is 7. The van der Waals surface area contributed by atoms with Crippen molar-refractivity contribution in [3.63, 3.8) is 0 Å². The molecule has 0 unspecified atom stereocenters. The average Bonchev–Trinajstić information content (AvgIpc) is 3.88. The molecule has 0 atom stereocenters. The highest BCUT2D eigenvalue weighted by Gasteiger charge is 2.20. The van der Waals surface area contributed by atoms with Crippen LogP contribution >= 0.6 is 11.3 Å². The summed E-state index contributed by atoms with van der Waals surface area (Å²) in [5, 5.41) is 7.62. The van der Waals surface area contributed by atoms with E-state index in [1.165, 1.54) is 86.1 Å². The van der Waals surface area contributed by atoms with Gasteiger partial charge in [0, 0.05) is 53.6 Å². The molecule has 0 radical (unpaired) electrons. The van der Waals surface area contributed by atoms with E-state index in [0.29, 0.717) is 0 Å². The van der Waals surface area contributed by atoms with E-state index < -0.39 is 0 Å². The van der Waals surface area contributed by atoms with E-state index in [1.807, 2.05) is 11.3 Å². The summed E-state index contributed by atoms with van der Waals surface area (Å²) < 4.78 is 5.02. The summed E-state index contributed by atoms with van der Waals surface area (Å²) >= 11 is 1.86. The summed E-state index contributed by atoms with van der Waals surface area (Å²) in [6, 6.07) is 84.3. The van der Waals surface area contributed by atoms with Crippen molar-refractivity contribution in [2.75, 3.05) is 4.90 Å². The Morgan fingerprint density at radius 2 is 0.918 bits per heavy atom. The molecule has 2 nitrogen and oxygen atoms in total. The van der Waals surface area contributed by atoms with Crippen LogP contribution in [0.5, 0.6) is 0 Å². The Bertz CT molecular complexity index is 3550. The lowest BCUT2D eigenvalue weighted by Crippen LogP contribution is -2.11. The van der Waals surface area contributed by atoms with E-state index in [4.69, 9.17) is 0 Å². The second-order valence-electron chi connectivity index (χ2n) is 15.7. The lowest BCUT2D eigenvalue weighted by molar-refractivity contribution is 1.17. The molecule has 0 N–H and O–H groups in total. The largest absolute Gasteiger partial charge is 0.310 e. The molecule has 61 heavy (non-hydrogen) atoms. The SMILES string of the molecule is c1cc(-c2ccc(N(c3cccc(-n4c5ccccc5c5ccccc54)c3)c3ccccc3-c3ccc4sc5ccccc5c4c3)cc2)cc(-c2cccc3ccccc23)c1. The predicted octanol–water partition coefficient (Wildman–Crippen LogP) is 16.8. The van der Waals surface area contributed by atoms with Gasteiger partial charge in [0.05, 0.1) is 16.7 Å². The van der Waals surface area contributed by atoms with Gasteiger partial charge in [0.2, 0.25) is 0 Å². The molecule has 0 saturated heterocycles. The summed E-state index contributed by atoms with van der Waals surface area (Å²) in [5.74, 6) is 0. The first-order valence-corrected chi connectivity index (χ1v) is 21.6. The van der Waals surface area contributed by atoms with E-state index >= 15 is 0 Å². The van der Waals surface area contributed by atoms with Crippen LogP contribution in [-0.2, 0) is 0 Å². The first-order valence-electron chi connectivity index (χ1n) is 20.8. The Labute approximate surface area is 358 Å². The first-order chi connectivity index (χ1) is 30.2. The van der Waals surface area contributed by atoms with Crippen molar-refractivity contribution in [2.24, 2.45) is 0 Å². The fourth-order valence-electron chi connectivity index (χ4n) is 9.35. The number of thiophene rings is 1. The zero-order chi connectivity index (χ0) is 40.3. The number of nitrogens with zero attached hydrogens (tertiary/aromatic N) is 2. The van der Waals surface area contributed by atoms with Gasteiger partial charge in [-0.05, 0) is 111 Å². The number of aromatic nitrogens is 1. The van der Waals surface area contributed by atoms with Gasteiger partial charge in [-0.25, -0.2) is 0 Å². The van der Waals surface area contributed by atoms with Crippen LogP contribution in [0.2, 0.25) is 0 Å². The smallest absolute Gasteiger partial charge is 0.0541 e. The molecule has 10 aromatic carbocycles. The second-order valence-corrected chi connectivity index (χ2v) is 16.8. The van der Waals surface area contributed by atoms with Crippen molar-refractivity contribution in [3.8, 4) is 39.1 Å². The molecule has 0 bridgehead atoms. The summed E-state index contributed by atoms with van der Waals surface area (Å²) in [6.45, 7) is 0. The molecular formula is C58H38N2S. The maximum absolute atomic E-state index is 2.43. The minimum Gasteiger partial charge on any atom is -0.310 e. The van der Waals surface area contributed by atoms with Gasteiger partial charge in [-0.15, -0.1) is 11.3 Å². The minimum absolute atomic E-state index is 1.08. The number of hydrogen-bond donors (Lipinski definition) is 0. The number of benzene rings is 10. The van der Waals surface area contributed by atoms with Gasteiger partial charge < -0.3 is 9.47 Å². The van der Waals surface area contributed by atoms with Crippen molar-refractivity contribution in [1.29, 1.82) is 0 Å². The van der Waals surface area contributed by atoms with E-state index in [0.717, 1.165) is 22.7 Å². The molecule has 0 amide bonds. The van der Waals surface area contributed by atoms with Crippen molar-refractivity contribution < 1.29 is 0 Å². The maximum atomic E-state index is 2.43. The summed E-state index contributed by atoms with van der Waals surface area (Å²) in [6.07, 6.45) is 0. The normalized spacial score (nSPS) is 11.6. The molecule has 0 saturated carbocycles. The fourth-order valence-corrected chi connectivity index (χ4v) is 10.4. The Morgan fingerprint density at radius 3 is 1.75 bits per heavy atom. The zero-order valence-corrected chi connectivity index (χ0v) is 34.1. The monoisotopic (exact) mass is 794 g/mol.